The summed E-state index contributed by atoms with van der Waals surface area (Å²) in [7, 11) is 1.38. The van der Waals surface area contributed by atoms with Crippen molar-refractivity contribution in [2.45, 2.75) is 31.6 Å². The van der Waals surface area contributed by atoms with Crippen LogP contribution in [-0.2, 0) is 21.4 Å². The number of nitrogens with zero attached hydrogens (tertiary/aromatic N) is 2. The highest BCUT2D eigenvalue weighted by Gasteiger charge is 2.57. The van der Waals surface area contributed by atoms with Crippen molar-refractivity contribution in [2.75, 3.05) is 7.11 Å². The van der Waals surface area contributed by atoms with Crippen LogP contribution in [0.1, 0.15) is 31.2 Å². The molecule has 2 aromatic rings. The Labute approximate surface area is 116 Å². The van der Waals surface area contributed by atoms with Crippen LogP contribution in [-0.4, -0.2) is 23.2 Å². The van der Waals surface area contributed by atoms with Crippen LogP contribution in [0.5, 0.6) is 0 Å². The third-order valence-corrected chi connectivity index (χ3v) is 3.78. The van der Waals surface area contributed by atoms with Gasteiger partial charge in [0.25, 0.3) is 0 Å². The van der Waals surface area contributed by atoms with Crippen LogP contribution < -0.4 is 0 Å². The maximum absolute atomic E-state index is 11.8. The first-order chi connectivity index (χ1) is 9.69. The third-order valence-electron chi connectivity index (χ3n) is 3.78. The smallest absolute Gasteiger partial charge is 0.321 e. The number of carbonyl (C=O) groups is 1. The Balaban J connectivity index is 1.88. The Bertz CT molecular complexity index is 627. The maximum atomic E-state index is 11.8. The summed E-state index contributed by atoms with van der Waals surface area (Å²) >= 11 is 0. The quantitative estimate of drug-likeness (QED) is 0.800. The van der Waals surface area contributed by atoms with Crippen LogP contribution in [0.15, 0.2) is 28.8 Å². The second kappa shape index (κ2) is 4.74. The Morgan fingerprint density at radius 3 is 2.60 bits per heavy atom. The number of methoxy groups -OCH3 is 1. The largest absolute Gasteiger partial charge is 0.468 e. The van der Waals surface area contributed by atoms with Crippen molar-refractivity contribution in [1.82, 2.24) is 10.1 Å². The molecular weight excluding hydrogens is 256 g/mol. The van der Waals surface area contributed by atoms with Gasteiger partial charge in [0.05, 0.1) is 7.11 Å². The monoisotopic (exact) mass is 272 g/mol. The molecule has 0 unspecified atom stereocenters. The van der Waals surface area contributed by atoms with Gasteiger partial charge >= 0.3 is 5.97 Å². The van der Waals surface area contributed by atoms with Crippen molar-refractivity contribution < 1.29 is 14.1 Å². The minimum Gasteiger partial charge on any atom is -0.468 e. The van der Waals surface area contributed by atoms with E-state index in [0.717, 1.165) is 12.0 Å². The van der Waals surface area contributed by atoms with Crippen molar-refractivity contribution in [2.24, 2.45) is 0 Å². The van der Waals surface area contributed by atoms with E-state index in [1.54, 1.807) is 0 Å². The van der Waals surface area contributed by atoms with Gasteiger partial charge in [-0.25, -0.2) is 0 Å². The molecule has 0 bridgehead atoms. The van der Waals surface area contributed by atoms with Crippen LogP contribution in [0.2, 0.25) is 0 Å². The van der Waals surface area contributed by atoms with Crippen molar-refractivity contribution in [1.29, 1.82) is 0 Å². The number of carbonyl (C=O) groups excluding carboxylic acids is 1. The minimum absolute atomic E-state index is 0.297. The van der Waals surface area contributed by atoms with Crippen LogP contribution in [0.4, 0.5) is 0 Å². The average Bonchev–Trinajstić information content (AvgIpc) is 3.17. The molecule has 5 heteroatoms. The molecule has 1 heterocycles. The lowest BCUT2D eigenvalue weighted by Gasteiger charge is -2.05. The molecule has 20 heavy (non-hydrogen) atoms. The van der Waals surface area contributed by atoms with Gasteiger partial charge in [-0.15, -0.1) is 0 Å². The summed E-state index contributed by atoms with van der Waals surface area (Å²) in [6.45, 7) is 2.11. The molecule has 0 amide bonds. The molecule has 1 aliphatic carbocycles. The molecule has 0 saturated heterocycles. The van der Waals surface area contributed by atoms with Crippen LogP contribution in [0.3, 0.4) is 0 Å². The zero-order chi connectivity index (χ0) is 14.2. The topological polar surface area (TPSA) is 65.2 Å². The van der Waals surface area contributed by atoms with Crippen LogP contribution in [0, 0.1) is 0 Å². The summed E-state index contributed by atoms with van der Waals surface area (Å²) in [5.41, 5.74) is 1.44. The molecular formula is C15H16N2O3. The van der Waals surface area contributed by atoms with Gasteiger partial charge in [0.1, 0.15) is 5.41 Å². The number of rotatable bonds is 4. The highest BCUT2D eigenvalue weighted by molar-refractivity contribution is 5.85. The van der Waals surface area contributed by atoms with Gasteiger partial charge in [-0.2, -0.15) is 4.98 Å². The minimum atomic E-state index is -0.705. The highest BCUT2D eigenvalue weighted by atomic mass is 16.5. The number of hydrogen-bond donors (Lipinski definition) is 0. The van der Waals surface area contributed by atoms with Crippen molar-refractivity contribution in [3.05, 3.63) is 35.7 Å². The zero-order valence-electron chi connectivity index (χ0n) is 11.5. The van der Waals surface area contributed by atoms with E-state index in [9.17, 15) is 4.79 Å². The summed E-state index contributed by atoms with van der Waals surface area (Å²) in [6, 6.07) is 8.01. The van der Waals surface area contributed by atoms with E-state index in [2.05, 4.69) is 17.1 Å². The van der Waals surface area contributed by atoms with Crippen LogP contribution >= 0.6 is 0 Å². The van der Waals surface area contributed by atoms with Gasteiger partial charge < -0.3 is 9.26 Å². The summed E-state index contributed by atoms with van der Waals surface area (Å²) in [5.74, 6) is 0.575. The first kappa shape index (κ1) is 12.8. The number of benzene rings is 1. The van der Waals surface area contributed by atoms with E-state index < -0.39 is 5.41 Å². The van der Waals surface area contributed by atoms with E-state index in [0.29, 0.717) is 24.6 Å². The molecule has 1 aliphatic rings. The molecule has 1 aromatic carbocycles. The Kier molecular flexibility index (Phi) is 3.04. The summed E-state index contributed by atoms with van der Waals surface area (Å²) in [5, 5.41) is 3.97. The van der Waals surface area contributed by atoms with Crippen molar-refractivity contribution >= 4 is 5.97 Å². The SMILES string of the molecule is CCc1ccc(-c2noc(C3(C(=O)OC)CC3)n2)cc1. The molecule has 0 N–H and O–H groups in total. The molecule has 0 atom stereocenters. The summed E-state index contributed by atoms with van der Waals surface area (Å²) in [4.78, 5) is 16.1. The van der Waals surface area contributed by atoms with Crippen molar-refractivity contribution in [3.63, 3.8) is 0 Å². The zero-order valence-corrected chi connectivity index (χ0v) is 11.5. The average molecular weight is 272 g/mol. The van der Waals surface area contributed by atoms with E-state index in [1.165, 1.54) is 12.7 Å². The number of hydrogen-bond acceptors (Lipinski definition) is 5. The Morgan fingerprint density at radius 2 is 2.05 bits per heavy atom. The van der Waals surface area contributed by atoms with Gasteiger partial charge in [-0.1, -0.05) is 36.3 Å². The Morgan fingerprint density at radius 1 is 1.35 bits per heavy atom. The predicted molar refractivity (Wildman–Crippen MR) is 72.0 cm³/mol. The highest BCUT2D eigenvalue weighted by Crippen LogP contribution is 2.48. The fourth-order valence-electron chi connectivity index (χ4n) is 2.25. The molecule has 0 spiro atoms. The van der Waals surface area contributed by atoms with Gasteiger partial charge in [-0.05, 0) is 24.8 Å². The van der Waals surface area contributed by atoms with E-state index in [4.69, 9.17) is 9.26 Å². The second-order valence-corrected chi connectivity index (χ2v) is 5.05. The number of aromatic nitrogens is 2. The Hall–Kier alpha value is -2.17. The molecule has 1 fully saturated rings. The molecule has 5 nitrogen and oxygen atoms in total. The lowest BCUT2D eigenvalue weighted by atomic mass is 10.1. The number of aryl methyl sites for hydroxylation is 1. The van der Waals surface area contributed by atoms with E-state index in [-0.39, 0.29) is 5.97 Å². The standard InChI is InChI=1S/C15H16N2O3/c1-3-10-4-6-11(7-5-10)12-16-13(20-17-12)15(8-9-15)14(18)19-2/h4-7H,3,8-9H2,1-2H3. The van der Waals surface area contributed by atoms with E-state index >= 15 is 0 Å². The summed E-state index contributed by atoms with van der Waals surface area (Å²) in [6.07, 6.45) is 2.40. The lowest BCUT2D eigenvalue weighted by molar-refractivity contribution is -0.144. The summed E-state index contributed by atoms with van der Waals surface area (Å²) < 4.78 is 10.1. The molecule has 0 aliphatic heterocycles. The maximum Gasteiger partial charge on any atom is 0.321 e. The van der Waals surface area contributed by atoms with Crippen molar-refractivity contribution in [3.8, 4) is 11.4 Å². The normalized spacial score (nSPS) is 15.9. The fraction of sp³-hybridized carbons (Fsp3) is 0.400. The second-order valence-electron chi connectivity index (χ2n) is 5.05. The van der Waals surface area contributed by atoms with Crippen LogP contribution in [0.25, 0.3) is 11.4 Å². The molecule has 1 aromatic heterocycles. The van der Waals surface area contributed by atoms with Gasteiger partial charge in [0.15, 0.2) is 0 Å². The molecule has 104 valence electrons. The third kappa shape index (κ3) is 1.99. The predicted octanol–water partition coefficient (Wildman–Crippen LogP) is 2.50. The fourth-order valence-corrected chi connectivity index (χ4v) is 2.25. The van der Waals surface area contributed by atoms with Gasteiger partial charge in [-0.3, -0.25) is 4.79 Å². The molecule has 0 radical (unpaired) electrons. The molecule has 1 saturated carbocycles. The molecule has 3 rings (SSSR count). The van der Waals surface area contributed by atoms with Gasteiger partial charge in [0.2, 0.25) is 11.7 Å². The van der Waals surface area contributed by atoms with Gasteiger partial charge in [0, 0.05) is 5.56 Å². The first-order valence-electron chi connectivity index (χ1n) is 6.71. The lowest BCUT2D eigenvalue weighted by Crippen LogP contribution is -2.22. The number of ether oxygens (including phenoxy) is 1. The number of esters is 1. The first-order valence-corrected chi connectivity index (χ1v) is 6.71. The van der Waals surface area contributed by atoms with E-state index in [1.807, 2.05) is 24.3 Å².